The molecule has 3 aromatic rings. The van der Waals surface area contributed by atoms with Crippen LogP contribution in [0.3, 0.4) is 0 Å². The number of esters is 1. The summed E-state index contributed by atoms with van der Waals surface area (Å²) in [5, 5.41) is 3.14. The van der Waals surface area contributed by atoms with Gasteiger partial charge < -0.3 is 10.1 Å². The maximum absolute atomic E-state index is 12.9. The molecule has 7 heteroatoms. The largest absolute Gasteiger partial charge is 0.466 e. The molecular formula is C23H19N3O4. The first-order chi connectivity index (χ1) is 14.5. The summed E-state index contributed by atoms with van der Waals surface area (Å²) in [6.45, 7) is 0.590. The number of hydrogen-bond donors (Lipinski definition) is 1. The van der Waals surface area contributed by atoms with Gasteiger partial charge in [0.15, 0.2) is 0 Å². The van der Waals surface area contributed by atoms with Crippen molar-refractivity contribution in [2.45, 2.75) is 13.0 Å². The van der Waals surface area contributed by atoms with Crippen LogP contribution in [-0.2, 0) is 20.9 Å². The van der Waals surface area contributed by atoms with Gasteiger partial charge in [-0.3, -0.25) is 14.2 Å². The van der Waals surface area contributed by atoms with Crippen LogP contribution in [0.25, 0.3) is 22.6 Å². The van der Waals surface area contributed by atoms with Crippen molar-refractivity contribution < 1.29 is 14.3 Å². The number of hydrogen-bond acceptors (Lipinski definition) is 5. The number of aromatic nitrogens is 2. The van der Waals surface area contributed by atoms with Gasteiger partial charge in [0.1, 0.15) is 5.82 Å². The van der Waals surface area contributed by atoms with Crippen LogP contribution in [0.2, 0.25) is 0 Å². The van der Waals surface area contributed by atoms with E-state index in [0.717, 1.165) is 29.7 Å². The van der Waals surface area contributed by atoms with Crippen LogP contribution in [0.4, 0.5) is 5.69 Å². The fraction of sp³-hybridized carbons (Fsp3) is 0.130. The fourth-order valence-corrected chi connectivity index (χ4v) is 3.38. The van der Waals surface area contributed by atoms with Crippen molar-refractivity contribution in [3.05, 3.63) is 82.4 Å². The highest BCUT2D eigenvalue weighted by Crippen LogP contribution is 2.28. The highest BCUT2D eigenvalue weighted by Gasteiger charge is 2.21. The van der Waals surface area contributed by atoms with E-state index in [1.165, 1.54) is 7.11 Å². The predicted molar refractivity (Wildman–Crippen MR) is 115 cm³/mol. The Labute approximate surface area is 172 Å². The molecule has 7 nitrogen and oxygen atoms in total. The number of nitrogens with one attached hydrogen (secondary N) is 1. The van der Waals surface area contributed by atoms with Gasteiger partial charge in [0.25, 0.3) is 5.56 Å². The minimum atomic E-state index is -0.619. The second-order valence-corrected chi connectivity index (χ2v) is 6.80. The molecule has 1 amide bonds. The van der Waals surface area contributed by atoms with Gasteiger partial charge >= 0.3 is 5.97 Å². The van der Waals surface area contributed by atoms with Gasteiger partial charge in [0, 0.05) is 24.4 Å². The van der Waals surface area contributed by atoms with Crippen LogP contribution in [0.1, 0.15) is 17.8 Å². The molecule has 1 N–H and O–H groups in total. The molecule has 0 atom stereocenters. The normalized spacial score (nSPS) is 14.2. The third-order valence-electron chi connectivity index (χ3n) is 4.83. The number of anilines is 1. The van der Waals surface area contributed by atoms with Crippen molar-refractivity contribution in [2.24, 2.45) is 0 Å². The van der Waals surface area contributed by atoms with E-state index >= 15 is 0 Å². The molecule has 0 unspecified atom stereocenters. The molecule has 1 aliphatic heterocycles. The average Bonchev–Trinajstić information content (AvgIpc) is 3.15. The number of rotatable bonds is 4. The second kappa shape index (κ2) is 8.16. The Morgan fingerprint density at radius 2 is 1.93 bits per heavy atom. The minimum Gasteiger partial charge on any atom is -0.466 e. The van der Waals surface area contributed by atoms with Crippen molar-refractivity contribution in [2.75, 3.05) is 12.4 Å². The highest BCUT2D eigenvalue weighted by molar-refractivity contribution is 6.03. The molecule has 2 heterocycles. The van der Waals surface area contributed by atoms with Gasteiger partial charge in [-0.1, -0.05) is 30.3 Å². The molecule has 4 rings (SSSR count). The fourth-order valence-electron chi connectivity index (χ4n) is 3.38. The lowest BCUT2D eigenvalue weighted by molar-refractivity contribution is -0.135. The molecule has 0 spiro atoms. The Bertz CT molecular complexity index is 1260. The number of amides is 1. The number of methoxy groups -OCH3 is 1. The standard InChI is InChI=1S/C23H19N3O4/c1-30-21(28)10-9-20(27)24-17-7-8-18-19(14-17)25-22-16(11-12-26(22)23(18)29)13-15-5-3-2-4-6-15/h2-10,13-14H,11-12H2,1H3,(H,24,27)/b10-9-,16-13?. The number of nitrogens with zero attached hydrogens (tertiary/aromatic N) is 2. The Balaban J connectivity index is 1.68. The molecule has 0 radical (unpaired) electrons. The molecule has 150 valence electrons. The van der Waals surface area contributed by atoms with E-state index in [0.29, 0.717) is 29.0 Å². The molecule has 0 saturated carbocycles. The Morgan fingerprint density at radius 3 is 2.70 bits per heavy atom. The van der Waals surface area contributed by atoms with E-state index in [-0.39, 0.29) is 5.56 Å². The molecule has 1 aromatic heterocycles. The summed E-state index contributed by atoms with van der Waals surface area (Å²) in [5.41, 5.74) is 2.92. The van der Waals surface area contributed by atoms with Gasteiger partial charge in [-0.2, -0.15) is 0 Å². The minimum absolute atomic E-state index is 0.102. The molecule has 2 aromatic carbocycles. The maximum Gasteiger partial charge on any atom is 0.330 e. The molecule has 1 aliphatic rings. The van der Waals surface area contributed by atoms with Crippen molar-refractivity contribution in [1.82, 2.24) is 9.55 Å². The van der Waals surface area contributed by atoms with Crippen LogP contribution in [-0.4, -0.2) is 28.5 Å². The first kappa shape index (κ1) is 19.3. The van der Waals surface area contributed by atoms with Crippen LogP contribution in [0.5, 0.6) is 0 Å². The summed E-state index contributed by atoms with van der Waals surface area (Å²) in [6, 6.07) is 14.8. The van der Waals surface area contributed by atoms with E-state index < -0.39 is 11.9 Å². The quantitative estimate of drug-likeness (QED) is 0.536. The smallest absolute Gasteiger partial charge is 0.330 e. The SMILES string of the molecule is COC(=O)/C=C\C(=O)Nc1ccc2c(=O)n3c(nc2c1)C(=Cc1ccccc1)CC3. The summed E-state index contributed by atoms with van der Waals surface area (Å²) < 4.78 is 6.15. The molecule has 0 fully saturated rings. The second-order valence-electron chi connectivity index (χ2n) is 6.80. The lowest BCUT2D eigenvalue weighted by atomic mass is 10.1. The number of benzene rings is 2. The number of allylic oxidation sites excluding steroid dienone is 1. The van der Waals surface area contributed by atoms with Crippen LogP contribution in [0.15, 0.2) is 65.5 Å². The zero-order valence-corrected chi connectivity index (χ0v) is 16.3. The Kier molecular flexibility index (Phi) is 5.26. The number of carbonyl (C=O) groups excluding carboxylic acids is 2. The molecule has 30 heavy (non-hydrogen) atoms. The number of fused-ring (bicyclic) bond motifs is 2. The van der Waals surface area contributed by atoms with Gasteiger partial charge in [0.05, 0.1) is 18.0 Å². The average molecular weight is 401 g/mol. The van der Waals surface area contributed by atoms with E-state index in [2.05, 4.69) is 10.1 Å². The predicted octanol–water partition coefficient (Wildman–Crippen LogP) is 3.01. The topological polar surface area (TPSA) is 90.3 Å². The Morgan fingerprint density at radius 1 is 1.13 bits per heavy atom. The van der Waals surface area contributed by atoms with Crippen molar-refractivity contribution in [3.63, 3.8) is 0 Å². The molecule has 0 bridgehead atoms. The van der Waals surface area contributed by atoms with Crippen LogP contribution < -0.4 is 10.9 Å². The van der Waals surface area contributed by atoms with Crippen molar-refractivity contribution in [3.8, 4) is 0 Å². The van der Waals surface area contributed by atoms with Gasteiger partial charge in [-0.05, 0) is 41.8 Å². The summed E-state index contributed by atoms with van der Waals surface area (Å²) in [7, 11) is 1.23. The number of carbonyl (C=O) groups is 2. The van der Waals surface area contributed by atoms with Gasteiger partial charge in [0.2, 0.25) is 5.91 Å². The lowest BCUT2D eigenvalue weighted by Gasteiger charge is -2.08. The van der Waals surface area contributed by atoms with Crippen LogP contribution in [0, 0.1) is 0 Å². The first-order valence-electron chi connectivity index (χ1n) is 9.43. The lowest BCUT2D eigenvalue weighted by Crippen LogP contribution is -2.21. The summed E-state index contributed by atoms with van der Waals surface area (Å²) in [4.78, 5) is 40.7. The highest BCUT2D eigenvalue weighted by atomic mass is 16.5. The number of ether oxygens (including phenoxy) is 1. The third-order valence-corrected chi connectivity index (χ3v) is 4.83. The maximum atomic E-state index is 12.9. The van der Waals surface area contributed by atoms with Gasteiger partial charge in [-0.15, -0.1) is 0 Å². The van der Waals surface area contributed by atoms with Crippen molar-refractivity contribution >= 4 is 40.1 Å². The Hall–Kier alpha value is -4.00. The van der Waals surface area contributed by atoms with Crippen molar-refractivity contribution in [1.29, 1.82) is 0 Å². The third kappa shape index (κ3) is 3.91. The van der Waals surface area contributed by atoms with E-state index in [1.807, 2.05) is 36.4 Å². The molecule has 0 aliphatic carbocycles. The zero-order valence-electron chi connectivity index (χ0n) is 16.3. The first-order valence-corrected chi connectivity index (χ1v) is 9.43. The van der Waals surface area contributed by atoms with E-state index in [1.54, 1.807) is 22.8 Å². The summed E-state index contributed by atoms with van der Waals surface area (Å²) in [5.74, 6) is -0.459. The zero-order chi connectivity index (χ0) is 21.1. The van der Waals surface area contributed by atoms with Gasteiger partial charge in [-0.25, -0.2) is 9.78 Å². The van der Waals surface area contributed by atoms with E-state index in [4.69, 9.17) is 4.98 Å². The molecular weight excluding hydrogens is 382 g/mol. The summed E-state index contributed by atoms with van der Waals surface area (Å²) >= 11 is 0. The monoisotopic (exact) mass is 401 g/mol. The molecule has 0 saturated heterocycles. The van der Waals surface area contributed by atoms with E-state index in [9.17, 15) is 14.4 Å². The summed E-state index contributed by atoms with van der Waals surface area (Å²) in [6.07, 6.45) is 4.89. The van der Waals surface area contributed by atoms with Crippen LogP contribution >= 0.6 is 0 Å².